The molecule has 0 radical (unpaired) electrons. The van der Waals surface area contributed by atoms with E-state index < -0.39 is 0 Å². The molecule has 0 bridgehead atoms. The molecule has 1 aromatic rings. The second-order valence-corrected chi connectivity index (χ2v) is 3.49. The van der Waals surface area contributed by atoms with Gasteiger partial charge in [0, 0.05) is 6.04 Å². The molecule has 0 amide bonds. The van der Waals surface area contributed by atoms with E-state index in [1.54, 1.807) is 12.1 Å². The summed E-state index contributed by atoms with van der Waals surface area (Å²) < 4.78 is 12.9. The van der Waals surface area contributed by atoms with Gasteiger partial charge in [-0.25, -0.2) is 4.39 Å². The van der Waals surface area contributed by atoms with Gasteiger partial charge in [-0.15, -0.1) is 0 Å². The summed E-state index contributed by atoms with van der Waals surface area (Å²) in [6, 6.07) is 5.49. The Morgan fingerprint density at radius 3 is 3.15 bits per heavy atom. The molecule has 13 heavy (non-hydrogen) atoms. The van der Waals surface area contributed by atoms with E-state index in [1.165, 1.54) is 5.56 Å². The van der Waals surface area contributed by atoms with Crippen LogP contribution >= 0.6 is 0 Å². The number of rotatable bonds is 2. The molecular weight excluding hydrogens is 165 g/mol. The first-order valence-electron chi connectivity index (χ1n) is 4.83. The number of halogens is 1. The molecule has 1 aromatic carbocycles. The van der Waals surface area contributed by atoms with Crippen molar-refractivity contribution >= 4 is 0 Å². The fourth-order valence-corrected chi connectivity index (χ4v) is 2.03. The molecule has 0 saturated heterocycles. The molecule has 0 fully saturated rings. The van der Waals surface area contributed by atoms with Gasteiger partial charge < -0.3 is 5.32 Å². The zero-order valence-corrected chi connectivity index (χ0v) is 7.81. The second kappa shape index (κ2) is 3.46. The largest absolute Gasteiger partial charge is 0.310 e. The van der Waals surface area contributed by atoms with Crippen molar-refractivity contribution in [1.82, 2.24) is 5.32 Å². The van der Waals surface area contributed by atoms with Crippen LogP contribution in [0.4, 0.5) is 4.39 Å². The van der Waals surface area contributed by atoms with Crippen LogP contribution in [0.3, 0.4) is 0 Å². The topological polar surface area (TPSA) is 12.0 Å². The summed E-state index contributed by atoms with van der Waals surface area (Å²) >= 11 is 0. The van der Waals surface area contributed by atoms with Gasteiger partial charge >= 0.3 is 0 Å². The molecule has 2 rings (SSSR count). The molecule has 0 spiro atoms. The average molecular weight is 179 g/mol. The predicted molar refractivity (Wildman–Crippen MR) is 51.1 cm³/mol. The van der Waals surface area contributed by atoms with Crippen molar-refractivity contribution in [1.29, 1.82) is 0 Å². The quantitative estimate of drug-likeness (QED) is 0.735. The summed E-state index contributed by atoms with van der Waals surface area (Å²) in [5.74, 6) is -0.122. The lowest BCUT2D eigenvalue weighted by Crippen LogP contribution is -2.18. The van der Waals surface area contributed by atoms with E-state index in [9.17, 15) is 4.39 Å². The van der Waals surface area contributed by atoms with Crippen LogP contribution in [0.5, 0.6) is 0 Å². The second-order valence-electron chi connectivity index (χ2n) is 3.49. The van der Waals surface area contributed by atoms with Crippen molar-refractivity contribution in [3.8, 4) is 0 Å². The standard InChI is InChI=1S/C11H14FN/c1-2-13-11-6-4-8-3-5-9(12)7-10(8)11/h3,5,7,11,13H,2,4,6H2,1H3. The lowest BCUT2D eigenvalue weighted by atomic mass is 10.1. The van der Waals surface area contributed by atoms with Crippen LogP contribution in [0.25, 0.3) is 0 Å². The van der Waals surface area contributed by atoms with E-state index in [4.69, 9.17) is 0 Å². The maximum absolute atomic E-state index is 12.9. The van der Waals surface area contributed by atoms with Gasteiger partial charge in [0.15, 0.2) is 0 Å². The Morgan fingerprint density at radius 1 is 1.54 bits per heavy atom. The fraction of sp³-hybridized carbons (Fsp3) is 0.455. The molecule has 1 aliphatic rings. The highest BCUT2D eigenvalue weighted by molar-refractivity contribution is 5.34. The van der Waals surface area contributed by atoms with Gasteiger partial charge in [-0.05, 0) is 42.6 Å². The SMILES string of the molecule is CCNC1CCc2ccc(F)cc21. The number of fused-ring (bicyclic) bond motifs is 1. The zero-order chi connectivity index (χ0) is 9.26. The van der Waals surface area contributed by atoms with Gasteiger partial charge in [-0.1, -0.05) is 13.0 Å². The molecule has 1 nitrogen and oxygen atoms in total. The predicted octanol–water partition coefficient (Wildman–Crippen LogP) is 2.42. The Labute approximate surface area is 78.0 Å². The van der Waals surface area contributed by atoms with E-state index in [1.807, 2.05) is 6.07 Å². The summed E-state index contributed by atoms with van der Waals surface area (Å²) in [5, 5.41) is 3.36. The van der Waals surface area contributed by atoms with Crippen LogP contribution in [0.2, 0.25) is 0 Å². The highest BCUT2D eigenvalue weighted by Crippen LogP contribution is 2.31. The minimum absolute atomic E-state index is 0.122. The Balaban J connectivity index is 2.29. The monoisotopic (exact) mass is 179 g/mol. The molecule has 0 heterocycles. The molecule has 0 aliphatic heterocycles. The third-order valence-electron chi connectivity index (χ3n) is 2.64. The Hall–Kier alpha value is -0.890. The van der Waals surface area contributed by atoms with Crippen LogP contribution < -0.4 is 5.32 Å². The fourth-order valence-electron chi connectivity index (χ4n) is 2.03. The summed E-state index contributed by atoms with van der Waals surface area (Å²) in [5.41, 5.74) is 2.45. The van der Waals surface area contributed by atoms with Crippen molar-refractivity contribution in [2.75, 3.05) is 6.54 Å². The summed E-state index contributed by atoms with van der Waals surface area (Å²) in [6.07, 6.45) is 2.18. The first-order chi connectivity index (χ1) is 6.31. The van der Waals surface area contributed by atoms with Gasteiger partial charge in [-0.3, -0.25) is 0 Å². The van der Waals surface area contributed by atoms with Gasteiger partial charge in [0.1, 0.15) is 5.82 Å². The molecule has 1 atom stereocenters. The lowest BCUT2D eigenvalue weighted by Gasteiger charge is -2.11. The van der Waals surface area contributed by atoms with E-state index in [-0.39, 0.29) is 5.82 Å². The third kappa shape index (κ3) is 1.59. The van der Waals surface area contributed by atoms with Crippen molar-refractivity contribution in [2.24, 2.45) is 0 Å². The molecule has 2 heteroatoms. The van der Waals surface area contributed by atoms with Gasteiger partial charge in [0.05, 0.1) is 0 Å². The van der Waals surface area contributed by atoms with Crippen LogP contribution in [-0.2, 0) is 6.42 Å². The molecule has 0 aromatic heterocycles. The third-order valence-corrected chi connectivity index (χ3v) is 2.64. The summed E-state index contributed by atoms with van der Waals surface area (Å²) in [4.78, 5) is 0. The van der Waals surface area contributed by atoms with E-state index in [0.29, 0.717) is 6.04 Å². The van der Waals surface area contributed by atoms with Gasteiger partial charge in [0.25, 0.3) is 0 Å². The summed E-state index contributed by atoms with van der Waals surface area (Å²) in [7, 11) is 0. The Bertz CT molecular complexity index is 307. The first kappa shape index (κ1) is 8.70. The summed E-state index contributed by atoms with van der Waals surface area (Å²) in [6.45, 7) is 3.03. The first-order valence-corrected chi connectivity index (χ1v) is 4.83. The van der Waals surface area contributed by atoms with Crippen LogP contribution in [0.15, 0.2) is 18.2 Å². The molecule has 70 valence electrons. The molecule has 0 saturated carbocycles. The normalized spacial score (nSPS) is 20.3. The van der Waals surface area contributed by atoms with Crippen LogP contribution in [0.1, 0.15) is 30.5 Å². The van der Waals surface area contributed by atoms with Crippen molar-refractivity contribution in [2.45, 2.75) is 25.8 Å². The van der Waals surface area contributed by atoms with Crippen LogP contribution in [0, 0.1) is 5.82 Å². The highest BCUT2D eigenvalue weighted by atomic mass is 19.1. The van der Waals surface area contributed by atoms with Gasteiger partial charge in [-0.2, -0.15) is 0 Å². The number of benzene rings is 1. The van der Waals surface area contributed by atoms with E-state index in [2.05, 4.69) is 12.2 Å². The zero-order valence-electron chi connectivity index (χ0n) is 7.81. The molecular formula is C11H14FN. The Morgan fingerprint density at radius 2 is 2.38 bits per heavy atom. The minimum atomic E-state index is -0.122. The minimum Gasteiger partial charge on any atom is -0.310 e. The number of hydrogen-bond donors (Lipinski definition) is 1. The number of hydrogen-bond acceptors (Lipinski definition) is 1. The lowest BCUT2D eigenvalue weighted by molar-refractivity contribution is 0.545. The average Bonchev–Trinajstić information content (AvgIpc) is 2.49. The molecule has 1 unspecified atom stereocenters. The van der Waals surface area contributed by atoms with Gasteiger partial charge in [0.2, 0.25) is 0 Å². The van der Waals surface area contributed by atoms with Crippen molar-refractivity contribution < 1.29 is 4.39 Å². The molecule has 1 aliphatic carbocycles. The maximum atomic E-state index is 12.9. The van der Waals surface area contributed by atoms with Crippen molar-refractivity contribution in [3.05, 3.63) is 35.1 Å². The van der Waals surface area contributed by atoms with Crippen LogP contribution in [-0.4, -0.2) is 6.54 Å². The maximum Gasteiger partial charge on any atom is 0.123 e. The van der Waals surface area contributed by atoms with Crippen molar-refractivity contribution in [3.63, 3.8) is 0 Å². The molecule has 1 N–H and O–H groups in total. The number of nitrogens with one attached hydrogen (secondary N) is 1. The van der Waals surface area contributed by atoms with E-state index >= 15 is 0 Å². The highest BCUT2D eigenvalue weighted by Gasteiger charge is 2.21. The smallest absolute Gasteiger partial charge is 0.123 e. The Kier molecular flexibility index (Phi) is 2.32. The van der Waals surface area contributed by atoms with E-state index in [0.717, 1.165) is 24.9 Å². The number of aryl methyl sites for hydroxylation is 1.